The molecule has 0 unspecified atom stereocenters. The Labute approximate surface area is 140 Å². The van der Waals surface area contributed by atoms with Crippen LogP contribution >= 0.6 is 0 Å². The number of amides is 1. The summed E-state index contributed by atoms with van der Waals surface area (Å²) < 4.78 is 27.6. The summed E-state index contributed by atoms with van der Waals surface area (Å²) in [5, 5.41) is 2.54. The molecule has 0 saturated heterocycles. The lowest BCUT2D eigenvalue weighted by Gasteiger charge is -2.09. The van der Waals surface area contributed by atoms with Crippen LogP contribution in [0.5, 0.6) is 0 Å². The molecule has 130 valence electrons. The molecular formula is C16H15F2N5O2. The third-order valence-corrected chi connectivity index (χ3v) is 3.71. The van der Waals surface area contributed by atoms with Crippen LogP contribution < -0.4 is 11.0 Å². The maximum Gasteiger partial charge on any atom is 0.330 e. The Morgan fingerprint density at radius 3 is 2.64 bits per heavy atom. The van der Waals surface area contributed by atoms with Crippen LogP contribution in [0, 0.1) is 6.92 Å². The van der Waals surface area contributed by atoms with Crippen LogP contribution in [0.25, 0.3) is 5.69 Å². The van der Waals surface area contributed by atoms with Crippen molar-refractivity contribution in [1.82, 2.24) is 24.4 Å². The number of aromatic nitrogens is 4. The van der Waals surface area contributed by atoms with Crippen LogP contribution in [0.15, 0.2) is 47.7 Å². The van der Waals surface area contributed by atoms with Crippen LogP contribution in [0.4, 0.5) is 8.78 Å². The summed E-state index contributed by atoms with van der Waals surface area (Å²) in [5.41, 5.74) is 1.43. The van der Waals surface area contributed by atoms with E-state index >= 15 is 0 Å². The number of carbonyl (C=O) groups excluding carboxylic acids is 1. The molecule has 2 N–H and O–H groups in total. The van der Waals surface area contributed by atoms with Gasteiger partial charge in [0, 0.05) is 29.8 Å². The standard InChI is InChI=1S/C16H15F2N5O2/c1-10-8-21-16(25)23(10)12-4-2-11(3-5-12)14(24)20-9-13-19-6-7-22(13)15(17)18/h2-8,15H,9H2,1H3,(H,20,24)(H,21,25). The van der Waals surface area contributed by atoms with Gasteiger partial charge in [-0.15, -0.1) is 0 Å². The first kappa shape index (κ1) is 16.6. The lowest BCUT2D eigenvalue weighted by Crippen LogP contribution is -2.25. The summed E-state index contributed by atoms with van der Waals surface area (Å²) in [6.45, 7) is -1.05. The Morgan fingerprint density at radius 2 is 2.04 bits per heavy atom. The highest BCUT2D eigenvalue weighted by Gasteiger charge is 2.13. The van der Waals surface area contributed by atoms with Crippen LogP contribution in [0.1, 0.15) is 28.4 Å². The van der Waals surface area contributed by atoms with Gasteiger partial charge < -0.3 is 10.3 Å². The molecule has 25 heavy (non-hydrogen) atoms. The topological polar surface area (TPSA) is 84.7 Å². The van der Waals surface area contributed by atoms with E-state index in [4.69, 9.17) is 0 Å². The highest BCUT2D eigenvalue weighted by atomic mass is 19.3. The second-order valence-electron chi connectivity index (χ2n) is 5.33. The predicted molar refractivity (Wildman–Crippen MR) is 85.8 cm³/mol. The molecule has 3 rings (SSSR count). The SMILES string of the molecule is Cc1c[nH]c(=O)n1-c1ccc(C(=O)NCc2nccn2C(F)F)cc1. The maximum absolute atomic E-state index is 12.7. The number of alkyl halides is 2. The van der Waals surface area contributed by atoms with Crippen LogP contribution in [0.2, 0.25) is 0 Å². The Kier molecular flexibility index (Phi) is 4.46. The molecule has 0 aliphatic rings. The molecule has 0 aliphatic carbocycles. The third kappa shape index (κ3) is 3.35. The fourth-order valence-corrected chi connectivity index (χ4v) is 2.46. The van der Waals surface area contributed by atoms with Gasteiger partial charge in [-0.3, -0.25) is 13.9 Å². The van der Waals surface area contributed by atoms with E-state index in [0.717, 1.165) is 11.9 Å². The van der Waals surface area contributed by atoms with Crippen molar-refractivity contribution in [2.45, 2.75) is 20.0 Å². The summed E-state index contributed by atoms with van der Waals surface area (Å²) in [7, 11) is 0. The van der Waals surface area contributed by atoms with Gasteiger partial charge in [0.15, 0.2) is 0 Å². The van der Waals surface area contributed by atoms with Gasteiger partial charge in [0.1, 0.15) is 5.82 Å². The van der Waals surface area contributed by atoms with Gasteiger partial charge in [0.2, 0.25) is 0 Å². The number of hydrogen-bond acceptors (Lipinski definition) is 3. The zero-order valence-corrected chi connectivity index (χ0v) is 13.2. The van der Waals surface area contributed by atoms with Gasteiger partial charge in [-0.1, -0.05) is 0 Å². The molecule has 2 aromatic heterocycles. The van der Waals surface area contributed by atoms with Crippen molar-refractivity contribution in [1.29, 1.82) is 0 Å². The number of nitrogens with one attached hydrogen (secondary N) is 2. The fraction of sp³-hybridized carbons (Fsp3) is 0.188. The lowest BCUT2D eigenvalue weighted by atomic mass is 10.2. The quantitative estimate of drug-likeness (QED) is 0.740. The van der Waals surface area contributed by atoms with E-state index in [2.05, 4.69) is 15.3 Å². The van der Waals surface area contributed by atoms with Crippen LogP contribution in [0.3, 0.4) is 0 Å². The second-order valence-corrected chi connectivity index (χ2v) is 5.33. The average Bonchev–Trinajstić information content (AvgIpc) is 3.19. The van der Waals surface area contributed by atoms with E-state index in [1.807, 2.05) is 0 Å². The first-order valence-electron chi connectivity index (χ1n) is 7.43. The molecule has 1 amide bonds. The molecule has 7 nitrogen and oxygen atoms in total. The predicted octanol–water partition coefficient (Wildman–Crippen LogP) is 2.00. The molecule has 9 heteroatoms. The van der Waals surface area contributed by atoms with Crippen molar-refractivity contribution in [3.05, 3.63) is 70.4 Å². The van der Waals surface area contributed by atoms with Gasteiger partial charge in [-0.2, -0.15) is 8.78 Å². The van der Waals surface area contributed by atoms with Gasteiger partial charge in [-0.05, 0) is 31.2 Å². The second kappa shape index (κ2) is 6.71. The summed E-state index contributed by atoms with van der Waals surface area (Å²) in [4.78, 5) is 30.3. The van der Waals surface area contributed by atoms with Crippen molar-refractivity contribution in [3.8, 4) is 5.69 Å². The molecule has 0 fully saturated rings. The molecular weight excluding hydrogens is 332 g/mol. The Bertz CT molecular complexity index is 940. The largest absolute Gasteiger partial charge is 0.345 e. The molecule has 0 radical (unpaired) electrons. The minimum absolute atomic E-state index is 0.0643. The monoisotopic (exact) mass is 347 g/mol. The number of aryl methyl sites for hydroxylation is 1. The number of halogens is 2. The van der Waals surface area contributed by atoms with E-state index in [1.54, 1.807) is 37.4 Å². The van der Waals surface area contributed by atoms with E-state index < -0.39 is 12.5 Å². The van der Waals surface area contributed by atoms with E-state index in [9.17, 15) is 18.4 Å². The molecule has 2 heterocycles. The summed E-state index contributed by atoms with van der Waals surface area (Å²) in [5.74, 6) is -0.358. The van der Waals surface area contributed by atoms with Gasteiger partial charge >= 0.3 is 12.2 Å². The number of H-pyrrole nitrogens is 1. The number of imidazole rings is 2. The molecule has 1 aromatic carbocycles. The first-order chi connectivity index (χ1) is 12.0. The zero-order valence-electron chi connectivity index (χ0n) is 13.2. The molecule has 0 bridgehead atoms. The minimum Gasteiger partial charge on any atom is -0.345 e. The van der Waals surface area contributed by atoms with Crippen LogP contribution in [-0.4, -0.2) is 25.0 Å². The van der Waals surface area contributed by atoms with E-state index in [-0.39, 0.29) is 18.1 Å². The number of nitrogens with zero attached hydrogens (tertiary/aromatic N) is 3. The Hall–Kier alpha value is -3.23. The summed E-state index contributed by atoms with van der Waals surface area (Å²) >= 11 is 0. The summed E-state index contributed by atoms with van der Waals surface area (Å²) in [6.07, 6.45) is 3.99. The summed E-state index contributed by atoms with van der Waals surface area (Å²) in [6, 6.07) is 6.39. The molecule has 0 aliphatic heterocycles. The first-order valence-corrected chi connectivity index (χ1v) is 7.43. The van der Waals surface area contributed by atoms with Gasteiger partial charge in [0.25, 0.3) is 5.91 Å². The molecule has 0 atom stereocenters. The zero-order chi connectivity index (χ0) is 18.0. The van der Waals surface area contributed by atoms with Crippen molar-refractivity contribution >= 4 is 5.91 Å². The minimum atomic E-state index is -2.71. The smallest absolute Gasteiger partial charge is 0.330 e. The molecule has 0 spiro atoms. The highest BCUT2D eigenvalue weighted by molar-refractivity contribution is 5.94. The Balaban J connectivity index is 1.71. The number of benzene rings is 1. The number of aromatic amines is 1. The van der Waals surface area contributed by atoms with E-state index in [0.29, 0.717) is 15.8 Å². The van der Waals surface area contributed by atoms with Crippen molar-refractivity contribution < 1.29 is 13.6 Å². The fourth-order valence-electron chi connectivity index (χ4n) is 2.46. The van der Waals surface area contributed by atoms with E-state index in [1.165, 1.54) is 10.8 Å². The lowest BCUT2D eigenvalue weighted by molar-refractivity contribution is 0.0660. The molecule has 0 saturated carbocycles. The Morgan fingerprint density at radius 1 is 1.32 bits per heavy atom. The van der Waals surface area contributed by atoms with Gasteiger partial charge in [0.05, 0.1) is 12.2 Å². The number of hydrogen-bond donors (Lipinski definition) is 2. The van der Waals surface area contributed by atoms with Gasteiger partial charge in [-0.25, -0.2) is 9.78 Å². The normalized spacial score (nSPS) is 11.0. The van der Waals surface area contributed by atoms with Crippen molar-refractivity contribution in [2.24, 2.45) is 0 Å². The van der Waals surface area contributed by atoms with Crippen molar-refractivity contribution in [2.75, 3.05) is 0 Å². The molecule has 3 aromatic rings. The third-order valence-electron chi connectivity index (χ3n) is 3.71. The number of rotatable bonds is 5. The highest BCUT2D eigenvalue weighted by Crippen LogP contribution is 2.13. The van der Waals surface area contributed by atoms with Crippen LogP contribution in [-0.2, 0) is 6.54 Å². The average molecular weight is 347 g/mol. The van der Waals surface area contributed by atoms with Crippen molar-refractivity contribution in [3.63, 3.8) is 0 Å². The number of carbonyl (C=O) groups is 1. The maximum atomic E-state index is 12.7.